The summed E-state index contributed by atoms with van der Waals surface area (Å²) in [5, 5.41) is 2.39. The second-order valence-corrected chi connectivity index (χ2v) is 8.59. The fraction of sp³-hybridized carbons (Fsp3) is 0.545. The van der Waals surface area contributed by atoms with E-state index in [1.165, 1.54) is 19.2 Å². The Hall–Kier alpha value is -3.01. The van der Waals surface area contributed by atoms with Crippen LogP contribution in [0, 0.1) is 11.7 Å². The van der Waals surface area contributed by atoms with Gasteiger partial charge in [0, 0.05) is 51.3 Å². The van der Waals surface area contributed by atoms with Gasteiger partial charge in [0.25, 0.3) is 5.91 Å². The first kappa shape index (κ1) is 22.2. The van der Waals surface area contributed by atoms with Crippen LogP contribution in [0.5, 0.6) is 0 Å². The molecule has 4 rings (SSSR count). The molecular weight excluding hydrogens is 417 g/mol. The van der Waals surface area contributed by atoms with Gasteiger partial charge < -0.3 is 20.0 Å². The quantitative estimate of drug-likeness (QED) is 0.665. The van der Waals surface area contributed by atoms with Crippen molar-refractivity contribution >= 4 is 29.1 Å². The van der Waals surface area contributed by atoms with Crippen molar-refractivity contribution in [2.75, 3.05) is 39.8 Å². The molecule has 2 aliphatic heterocycles. The Morgan fingerprint density at radius 1 is 1.16 bits per heavy atom. The lowest BCUT2D eigenvalue weighted by molar-refractivity contribution is -0.135. The number of hydrogen-bond donors (Lipinski definition) is 2. The van der Waals surface area contributed by atoms with Crippen molar-refractivity contribution in [3.8, 4) is 0 Å². The third-order valence-electron chi connectivity index (χ3n) is 6.64. The first-order valence-corrected chi connectivity index (χ1v) is 11.0. The van der Waals surface area contributed by atoms with E-state index in [2.05, 4.69) is 15.2 Å². The molecule has 32 heavy (non-hydrogen) atoms. The second-order valence-electron chi connectivity index (χ2n) is 8.59. The Balaban J connectivity index is 1.41. The van der Waals surface area contributed by atoms with Gasteiger partial charge in [-0.25, -0.2) is 9.18 Å². The topological polar surface area (TPSA) is 108 Å². The Kier molecular flexibility index (Phi) is 6.40. The van der Waals surface area contributed by atoms with Gasteiger partial charge in [-0.3, -0.25) is 19.1 Å². The maximum Gasteiger partial charge on any atom is 0.326 e. The van der Waals surface area contributed by atoms with E-state index in [1.54, 1.807) is 4.57 Å². The smallest absolute Gasteiger partial charge is 0.326 e. The zero-order valence-electron chi connectivity index (χ0n) is 18.1. The van der Waals surface area contributed by atoms with Crippen LogP contribution >= 0.6 is 0 Å². The summed E-state index contributed by atoms with van der Waals surface area (Å²) in [6, 6.07) is 2.48. The molecule has 0 radical (unpaired) electrons. The van der Waals surface area contributed by atoms with E-state index >= 15 is 0 Å². The van der Waals surface area contributed by atoms with Gasteiger partial charge in [-0.1, -0.05) is 0 Å². The minimum absolute atomic E-state index is 0.0570. The number of carbonyl (C=O) groups is 3. The molecular formula is C22H28FN5O4. The summed E-state index contributed by atoms with van der Waals surface area (Å²) in [5.74, 6) is -1.10. The third-order valence-corrected chi connectivity index (χ3v) is 6.64. The number of amides is 2. The number of benzene rings is 1. The number of nitrogens with one attached hydrogen (secondary N) is 2. The van der Waals surface area contributed by atoms with E-state index in [-0.39, 0.29) is 29.1 Å². The molecule has 1 aromatic heterocycles. The summed E-state index contributed by atoms with van der Waals surface area (Å²) >= 11 is 0. The van der Waals surface area contributed by atoms with Crippen molar-refractivity contribution in [1.29, 1.82) is 0 Å². The maximum atomic E-state index is 14.5. The van der Waals surface area contributed by atoms with Crippen LogP contribution in [0.3, 0.4) is 0 Å². The summed E-state index contributed by atoms with van der Waals surface area (Å²) in [6.07, 6.45) is 3.74. The SMILES string of the molecule is CNC(=O)c1cc2[nH]c(=O)n(C3CCN(CC(=O)N4CCC(C=O)CC4)CC3)c2cc1F. The Morgan fingerprint density at radius 3 is 2.47 bits per heavy atom. The maximum absolute atomic E-state index is 14.5. The number of aldehydes is 1. The van der Waals surface area contributed by atoms with Crippen LogP contribution in [-0.2, 0) is 9.59 Å². The van der Waals surface area contributed by atoms with Gasteiger partial charge >= 0.3 is 5.69 Å². The molecule has 9 nitrogen and oxygen atoms in total. The van der Waals surface area contributed by atoms with E-state index in [0.29, 0.717) is 56.6 Å². The molecule has 3 heterocycles. The number of aromatic amines is 1. The molecule has 0 atom stereocenters. The van der Waals surface area contributed by atoms with Crippen LogP contribution < -0.4 is 11.0 Å². The summed E-state index contributed by atoms with van der Waals surface area (Å²) in [5.41, 5.74) is 0.416. The van der Waals surface area contributed by atoms with Crippen LogP contribution in [0.1, 0.15) is 42.1 Å². The number of imidazole rings is 1. The highest BCUT2D eigenvalue weighted by Gasteiger charge is 2.28. The molecule has 2 aliphatic rings. The monoisotopic (exact) mass is 445 g/mol. The molecule has 2 amide bonds. The molecule has 2 fully saturated rings. The molecule has 172 valence electrons. The zero-order valence-corrected chi connectivity index (χ0v) is 18.1. The Bertz CT molecular complexity index is 1080. The molecule has 2 saturated heterocycles. The van der Waals surface area contributed by atoms with E-state index in [4.69, 9.17) is 0 Å². The minimum Gasteiger partial charge on any atom is -0.355 e. The molecule has 2 aromatic rings. The molecule has 0 spiro atoms. The predicted octanol–water partition coefficient (Wildman–Crippen LogP) is 0.903. The summed E-state index contributed by atoms with van der Waals surface area (Å²) in [6.45, 7) is 2.86. The average molecular weight is 445 g/mol. The molecule has 1 aromatic carbocycles. The number of halogens is 1. The lowest BCUT2D eigenvalue weighted by Gasteiger charge is -2.35. The van der Waals surface area contributed by atoms with Gasteiger partial charge in [0.2, 0.25) is 5.91 Å². The molecule has 2 N–H and O–H groups in total. The molecule has 0 saturated carbocycles. The van der Waals surface area contributed by atoms with Gasteiger partial charge in [0.05, 0.1) is 23.1 Å². The van der Waals surface area contributed by atoms with Crippen LogP contribution in [0.15, 0.2) is 16.9 Å². The first-order chi connectivity index (χ1) is 15.4. The van der Waals surface area contributed by atoms with Crippen molar-refractivity contribution in [2.45, 2.75) is 31.7 Å². The van der Waals surface area contributed by atoms with Gasteiger partial charge in [0.15, 0.2) is 0 Å². The van der Waals surface area contributed by atoms with Crippen molar-refractivity contribution < 1.29 is 18.8 Å². The van der Waals surface area contributed by atoms with E-state index in [9.17, 15) is 23.6 Å². The third kappa shape index (κ3) is 4.32. The number of rotatable bonds is 5. The molecule has 0 bridgehead atoms. The molecule has 0 unspecified atom stereocenters. The van der Waals surface area contributed by atoms with Crippen LogP contribution in [0.2, 0.25) is 0 Å². The summed E-state index contributed by atoms with van der Waals surface area (Å²) < 4.78 is 16.0. The van der Waals surface area contributed by atoms with Crippen molar-refractivity contribution in [1.82, 2.24) is 24.7 Å². The van der Waals surface area contributed by atoms with Gasteiger partial charge in [-0.2, -0.15) is 0 Å². The van der Waals surface area contributed by atoms with Gasteiger partial charge in [0.1, 0.15) is 12.1 Å². The van der Waals surface area contributed by atoms with Gasteiger partial charge in [-0.05, 0) is 31.7 Å². The predicted molar refractivity (Wildman–Crippen MR) is 116 cm³/mol. The largest absolute Gasteiger partial charge is 0.355 e. The van der Waals surface area contributed by atoms with E-state index in [1.807, 2.05) is 4.90 Å². The van der Waals surface area contributed by atoms with Crippen molar-refractivity contribution in [3.63, 3.8) is 0 Å². The fourth-order valence-corrected chi connectivity index (χ4v) is 4.73. The zero-order chi connectivity index (χ0) is 22.8. The average Bonchev–Trinajstić information content (AvgIpc) is 3.13. The standard InChI is InChI=1S/C22H28FN5O4/c1-24-21(31)16-10-18-19(11-17(16)23)28(22(32)25-18)15-4-6-26(7-5-15)12-20(30)27-8-2-14(13-29)3-9-27/h10-11,13-15H,2-9,12H2,1H3,(H,24,31)(H,25,32). The Labute approximate surface area is 184 Å². The minimum atomic E-state index is -0.675. The number of piperidine rings is 2. The number of H-pyrrole nitrogens is 1. The summed E-state index contributed by atoms with van der Waals surface area (Å²) in [4.78, 5) is 54.6. The highest BCUT2D eigenvalue weighted by Crippen LogP contribution is 2.26. The van der Waals surface area contributed by atoms with E-state index < -0.39 is 11.7 Å². The highest BCUT2D eigenvalue weighted by atomic mass is 19.1. The van der Waals surface area contributed by atoms with Crippen molar-refractivity contribution in [2.24, 2.45) is 5.92 Å². The number of hydrogen-bond acceptors (Lipinski definition) is 5. The van der Waals surface area contributed by atoms with E-state index in [0.717, 1.165) is 19.1 Å². The highest BCUT2D eigenvalue weighted by molar-refractivity contribution is 5.97. The number of aromatic nitrogens is 2. The van der Waals surface area contributed by atoms with Gasteiger partial charge in [-0.15, -0.1) is 0 Å². The number of carbonyl (C=O) groups excluding carboxylic acids is 3. The normalized spacial score (nSPS) is 18.8. The lowest BCUT2D eigenvalue weighted by Crippen LogP contribution is -2.46. The molecule has 10 heteroatoms. The number of likely N-dealkylation sites (tertiary alicyclic amines) is 2. The van der Waals surface area contributed by atoms with Crippen LogP contribution in [0.4, 0.5) is 4.39 Å². The number of nitrogens with zero attached hydrogens (tertiary/aromatic N) is 3. The number of fused-ring (bicyclic) bond motifs is 1. The van der Waals surface area contributed by atoms with Crippen LogP contribution in [-0.4, -0.2) is 77.2 Å². The summed E-state index contributed by atoms with van der Waals surface area (Å²) in [7, 11) is 1.42. The second kappa shape index (κ2) is 9.23. The fourth-order valence-electron chi connectivity index (χ4n) is 4.73. The lowest BCUT2D eigenvalue weighted by atomic mass is 9.98. The van der Waals surface area contributed by atoms with Crippen molar-refractivity contribution in [3.05, 3.63) is 34.0 Å². The molecule has 0 aliphatic carbocycles. The Morgan fingerprint density at radius 2 is 1.84 bits per heavy atom. The van der Waals surface area contributed by atoms with Crippen LogP contribution in [0.25, 0.3) is 11.0 Å². The first-order valence-electron chi connectivity index (χ1n) is 11.0.